The Bertz CT molecular complexity index is 546. The number of rotatable bonds is 8. The van der Waals surface area contributed by atoms with Gasteiger partial charge in [-0.1, -0.05) is 44.4 Å². The van der Waals surface area contributed by atoms with E-state index in [-0.39, 0.29) is 23.9 Å². The van der Waals surface area contributed by atoms with Crippen LogP contribution in [0.3, 0.4) is 0 Å². The molecule has 1 aromatic carbocycles. The van der Waals surface area contributed by atoms with E-state index >= 15 is 0 Å². The first-order valence-electron chi connectivity index (χ1n) is 9.23. The number of ether oxygens (including phenoxy) is 2. The Morgan fingerprint density at radius 1 is 1.16 bits per heavy atom. The average Bonchev–Trinajstić information content (AvgIpc) is 2.97. The SMILES string of the molecule is CCCCC[C@@H]1[C@@H](CC(=O)OC)CC[C@H]1OC(=O)Nc1ccccc1. The van der Waals surface area contributed by atoms with Crippen molar-refractivity contribution in [1.29, 1.82) is 0 Å². The Kier molecular flexibility index (Phi) is 7.76. The average molecular weight is 347 g/mol. The molecule has 2 rings (SSSR count). The van der Waals surface area contributed by atoms with Gasteiger partial charge in [-0.25, -0.2) is 4.79 Å². The molecule has 0 unspecified atom stereocenters. The van der Waals surface area contributed by atoms with Crippen LogP contribution in [0, 0.1) is 11.8 Å². The van der Waals surface area contributed by atoms with Crippen molar-refractivity contribution in [2.45, 2.75) is 58.0 Å². The van der Waals surface area contributed by atoms with Crippen LogP contribution in [0.5, 0.6) is 0 Å². The number of hydrogen-bond acceptors (Lipinski definition) is 4. The topological polar surface area (TPSA) is 64.6 Å². The summed E-state index contributed by atoms with van der Waals surface area (Å²) in [5.74, 6) is 0.283. The van der Waals surface area contributed by atoms with Crippen LogP contribution >= 0.6 is 0 Å². The van der Waals surface area contributed by atoms with Gasteiger partial charge in [-0.2, -0.15) is 0 Å². The maximum Gasteiger partial charge on any atom is 0.411 e. The zero-order valence-corrected chi connectivity index (χ0v) is 15.2. The molecule has 25 heavy (non-hydrogen) atoms. The predicted molar refractivity (Wildman–Crippen MR) is 97.3 cm³/mol. The lowest BCUT2D eigenvalue weighted by Crippen LogP contribution is -2.28. The summed E-state index contributed by atoms with van der Waals surface area (Å²) in [7, 11) is 1.42. The highest BCUT2D eigenvalue weighted by atomic mass is 16.6. The summed E-state index contributed by atoms with van der Waals surface area (Å²) in [6.45, 7) is 2.17. The lowest BCUT2D eigenvalue weighted by Gasteiger charge is -2.24. The number of nitrogens with one attached hydrogen (secondary N) is 1. The maximum atomic E-state index is 12.2. The van der Waals surface area contributed by atoms with Crippen LogP contribution < -0.4 is 5.32 Å². The number of para-hydroxylation sites is 1. The molecule has 1 fully saturated rings. The van der Waals surface area contributed by atoms with E-state index < -0.39 is 6.09 Å². The number of anilines is 1. The van der Waals surface area contributed by atoms with Crippen molar-refractivity contribution in [2.75, 3.05) is 12.4 Å². The van der Waals surface area contributed by atoms with Crippen molar-refractivity contribution < 1.29 is 19.1 Å². The van der Waals surface area contributed by atoms with Gasteiger partial charge >= 0.3 is 12.1 Å². The second kappa shape index (κ2) is 10.1. The van der Waals surface area contributed by atoms with Gasteiger partial charge in [-0.3, -0.25) is 10.1 Å². The monoisotopic (exact) mass is 347 g/mol. The summed E-state index contributed by atoms with van der Waals surface area (Å²) in [4.78, 5) is 23.9. The number of carbonyl (C=O) groups excluding carboxylic acids is 2. The molecule has 5 heteroatoms. The molecule has 0 aromatic heterocycles. The molecule has 0 heterocycles. The summed E-state index contributed by atoms with van der Waals surface area (Å²) in [6, 6.07) is 9.29. The molecular weight excluding hydrogens is 318 g/mol. The second-order valence-electron chi connectivity index (χ2n) is 6.71. The minimum atomic E-state index is -0.421. The third-order valence-electron chi connectivity index (χ3n) is 4.98. The van der Waals surface area contributed by atoms with Crippen molar-refractivity contribution in [3.63, 3.8) is 0 Å². The Labute approximate surface area is 150 Å². The minimum Gasteiger partial charge on any atom is -0.469 e. The first-order chi connectivity index (χ1) is 12.1. The van der Waals surface area contributed by atoms with Gasteiger partial charge in [-0.15, -0.1) is 0 Å². The van der Waals surface area contributed by atoms with E-state index in [2.05, 4.69) is 12.2 Å². The van der Waals surface area contributed by atoms with Crippen molar-refractivity contribution in [3.05, 3.63) is 30.3 Å². The zero-order chi connectivity index (χ0) is 18.1. The van der Waals surface area contributed by atoms with Crippen LogP contribution in [0.4, 0.5) is 10.5 Å². The fourth-order valence-electron chi connectivity index (χ4n) is 3.67. The van der Waals surface area contributed by atoms with E-state index in [0.29, 0.717) is 6.42 Å². The van der Waals surface area contributed by atoms with Crippen LogP contribution in [0.25, 0.3) is 0 Å². The molecule has 0 saturated heterocycles. The molecule has 1 amide bonds. The van der Waals surface area contributed by atoms with Gasteiger partial charge in [0.05, 0.1) is 7.11 Å². The molecule has 1 aliphatic rings. The Hall–Kier alpha value is -2.04. The molecule has 0 aliphatic heterocycles. The van der Waals surface area contributed by atoms with E-state index in [0.717, 1.165) is 44.2 Å². The summed E-state index contributed by atoms with van der Waals surface area (Å²) >= 11 is 0. The molecule has 1 saturated carbocycles. The number of carbonyl (C=O) groups is 2. The summed E-state index contributed by atoms with van der Waals surface area (Å²) < 4.78 is 10.5. The quantitative estimate of drug-likeness (QED) is 0.543. The normalized spacial score (nSPS) is 22.4. The summed E-state index contributed by atoms with van der Waals surface area (Å²) in [6.07, 6.45) is 5.95. The molecule has 0 bridgehead atoms. The van der Waals surface area contributed by atoms with Crippen LogP contribution in [0.15, 0.2) is 30.3 Å². The number of benzene rings is 1. The van der Waals surface area contributed by atoms with Crippen LogP contribution in [-0.2, 0) is 14.3 Å². The molecular formula is C20H29NO4. The van der Waals surface area contributed by atoms with Gasteiger partial charge in [0.15, 0.2) is 0 Å². The highest BCUT2D eigenvalue weighted by Crippen LogP contribution is 2.40. The molecule has 1 N–H and O–H groups in total. The van der Waals surface area contributed by atoms with E-state index in [4.69, 9.17) is 9.47 Å². The van der Waals surface area contributed by atoms with Crippen LogP contribution in [-0.4, -0.2) is 25.3 Å². The summed E-state index contributed by atoms with van der Waals surface area (Å²) in [5.41, 5.74) is 0.721. The lowest BCUT2D eigenvalue weighted by molar-refractivity contribution is -0.142. The maximum absolute atomic E-state index is 12.2. The first-order valence-corrected chi connectivity index (χ1v) is 9.23. The van der Waals surface area contributed by atoms with Crippen molar-refractivity contribution >= 4 is 17.7 Å². The van der Waals surface area contributed by atoms with Gasteiger partial charge in [0.1, 0.15) is 6.10 Å². The van der Waals surface area contributed by atoms with Gasteiger partial charge < -0.3 is 9.47 Å². The highest BCUT2D eigenvalue weighted by Gasteiger charge is 2.39. The fraction of sp³-hybridized carbons (Fsp3) is 0.600. The van der Waals surface area contributed by atoms with E-state index in [1.807, 2.05) is 30.3 Å². The molecule has 1 aromatic rings. The Morgan fingerprint density at radius 2 is 1.92 bits per heavy atom. The van der Waals surface area contributed by atoms with E-state index in [9.17, 15) is 9.59 Å². The van der Waals surface area contributed by atoms with E-state index in [1.165, 1.54) is 7.11 Å². The zero-order valence-electron chi connectivity index (χ0n) is 15.2. The molecule has 138 valence electrons. The first kappa shape index (κ1) is 19.3. The molecule has 1 aliphatic carbocycles. The number of hydrogen-bond donors (Lipinski definition) is 1. The standard InChI is InChI=1S/C20H29NO4/c1-3-4-6-11-17-15(14-19(22)24-2)12-13-18(17)25-20(23)21-16-9-7-5-8-10-16/h5,7-10,15,17-18H,3-4,6,11-14H2,1-2H3,(H,21,23)/t15-,17-,18-/m1/s1. The third kappa shape index (κ3) is 6.07. The highest BCUT2D eigenvalue weighted by molar-refractivity contribution is 5.84. The largest absolute Gasteiger partial charge is 0.469 e. The predicted octanol–water partition coefficient (Wildman–Crippen LogP) is 4.77. The van der Waals surface area contributed by atoms with Gasteiger partial charge in [0.2, 0.25) is 0 Å². The van der Waals surface area contributed by atoms with Crippen molar-refractivity contribution in [2.24, 2.45) is 11.8 Å². The number of amides is 1. The molecule has 5 nitrogen and oxygen atoms in total. The minimum absolute atomic E-state index is 0.129. The molecule has 0 radical (unpaired) electrons. The lowest BCUT2D eigenvalue weighted by atomic mass is 9.87. The van der Waals surface area contributed by atoms with Crippen LogP contribution in [0.1, 0.15) is 51.9 Å². The molecule has 3 atom stereocenters. The van der Waals surface area contributed by atoms with Crippen LogP contribution in [0.2, 0.25) is 0 Å². The smallest absolute Gasteiger partial charge is 0.411 e. The number of methoxy groups -OCH3 is 1. The number of unbranched alkanes of at least 4 members (excludes halogenated alkanes) is 2. The second-order valence-corrected chi connectivity index (χ2v) is 6.71. The number of esters is 1. The fourth-order valence-corrected chi connectivity index (χ4v) is 3.67. The van der Waals surface area contributed by atoms with Gasteiger partial charge in [-0.05, 0) is 43.2 Å². The Balaban J connectivity index is 1.93. The van der Waals surface area contributed by atoms with E-state index in [1.54, 1.807) is 0 Å². The van der Waals surface area contributed by atoms with Crippen molar-refractivity contribution in [3.8, 4) is 0 Å². The van der Waals surface area contributed by atoms with Gasteiger partial charge in [0.25, 0.3) is 0 Å². The van der Waals surface area contributed by atoms with Crippen molar-refractivity contribution in [1.82, 2.24) is 0 Å². The molecule has 0 spiro atoms. The summed E-state index contributed by atoms with van der Waals surface area (Å²) in [5, 5.41) is 2.77. The third-order valence-corrected chi connectivity index (χ3v) is 4.98. The Morgan fingerprint density at radius 3 is 2.60 bits per heavy atom. The van der Waals surface area contributed by atoms with Gasteiger partial charge in [0, 0.05) is 12.1 Å².